The van der Waals surface area contributed by atoms with Gasteiger partial charge in [0.25, 0.3) is 5.91 Å². The predicted octanol–water partition coefficient (Wildman–Crippen LogP) is 3.26. The summed E-state index contributed by atoms with van der Waals surface area (Å²) in [6.45, 7) is 1.71. The first-order valence-electron chi connectivity index (χ1n) is 9.01. The number of halogens is 1. The molecule has 7 nitrogen and oxygen atoms in total. The zero-order chi connectivity index (χ0) is 22.2. The quantitative estimate of drug-likeness (QED) is 0.622. The fourth-order valence-corrected chi connectivity index (χ4v) is 4.81. The molecule has 2 aromatic carbocycles. The SMILES string of the molecule is COc1ccc2c(c1)c(C)c(C(CC(N)=O)S(C)(=O)=O)n2C(=O)c1ccc(Cl)cc1. The molecule has 9 heteroatoms. The normalized spacial score (nSPS) is 12.7. The Bertz CT molecular complexity index is 1250. The summed E-state index contributed by atoms with van der Waals surface area (Å²) in [5.41, 5.74) is 6.93. The number of ether oxygens (including phenoxy) is 1. The van der Waals surface area contributed by atoms with E-state index >= 15 is 0 Å². The maximum atomic E-state index is 13.5. The highest BCUT2D eigenvalue weighted by molar-refractivity contribution is 7.91. The molecule has 0 fully saturated rings. The molecule has 3 aromatic rings. The smallest absolute Gasteiger partial charge is 0.262 e. The van der Waals surface area contributed by atoms with Gasteiger partial charge in [-0.2, -0.15) is 0 Å². The van der Waals surface area contributed by atoms with E-state index in [0.29, 0.717) is 32.8 Å². The summed E-state index contributed by atoms with van der Waals surface area (Å²) in [6.07, 6.45) is 0.580. The van der Waals surface area contributed by atoms with Crippen molar-refractivity contribution in [2.45, 2.75) is 18.6 Å². The average Bonchev–Trinajstić information content (AvgIpc) is 2.96. The molecule has 1 aromatic heterocycles. The lowest BCUT2D eigenvalue weighted by Gasteiger charge is -2.18. The Morgan fingerprint density at radius 1 is 1.17 bits per heavy atom. The van der Waals surface area contributed by atoms with Crippen molar-refractivity contribution >= 4 is 44.2 Å². The Hall–Kier alpha value is -2.84. The first kappa shape index (κ1) is 21.9. The van der Waals surface area contributed by atoms with Crippen molar-refractivity contribution in [1.29, 1.82) is 0 Å². The van der Waals surface area contributed by atoms with Crippen LogP contribution in [0.1, 0.15) is 33.3 Å². The number of aryl methyl sites for hydroxylation is 1. The molecule has 0 radical (unpaired) electrons. The zero-order valence-electron chi connectivity index (χ0n) is 16.7. The summed E-state index contributed by atoms with van der Waals surface area (Å²) in [5.74, 6) is -0.666. The van der Waals surface area contributed by atoms with Crippen molar-refractivity contribution in [3.05, 3.63) is 64.3 Å². The van der Waals surface area contributed by atoms with Gasteiger partial charge in [0.1, 0.15) is 11.0 Å². The standard InChI is InChI=1S/C21H21ClN2O5S/c1-12-16-10-15(29-2)8-9-17(16)24(21(26)13-4-6-14(22)7-5-13)20(12)18(11-19(23)25)30(3,27)28/h4-10,18H,11H2,1-3H3,(H2,23,25). The third-order valence-corrected chi connectivity index (χ3v) is 6.65. The van der Waals surface area contributed by atoms with Crippen molar-refractivity contribution in [1.82, 2.24) is 4.57 Å². The molecule has 1 amide bonds. The lowest BCUT2D eigenvalue weighted by Crippen LogP contribution is -2.26. The summed E-state index contributed by atoms with van der Waals surface area (Å²) in [4.78, 5) is 25.1. The number of primary amides is 1. The molecule has 0 bridgehead atoms. The number of fused-ring (bicyclic) bond motifs is 1. The van der Waals surface area contributed by atoms with Gasteiger partial charge < -0.3 is 10.5 Å². The molecule has 0 saturated carbocycles. The molecule has 0 aliphatic rings. The molecule has 158 valence electrons. The number of hydrogen-bond donors (Lipinski definition) is 1. The van der Waals surface area contributed by atoms with E-state index < -0.39 is 33.3 Å². The molecule has 3 rings (SSSR count). The van der Waals surface area contributed by atoms with Crippen LogP contribution in [0.25, 0.3) is 10.9 Å². The Labute approximate surface area is 179 Å². The molecular weight excluding hydrogens is 428 g/mol. The number of amides is 1. The number of hydrogen-bond acceptors (Lipinski definition) is 5. The van der Waals surface area contributed by atoms with Crippen molar-refractivity contribution in [2.75, 3.05) is 13.4 Å². The summed E-state index contributed by atoms with van der Waals surface area (Å²) in [6, 6.07) is 11.4. The predicted molar refractivity (Wildman–Crippen MR) is 116 cm³/mol. The highest BCUT2D eigenvalue weighted by Crippen LogP contribution is 2.37. The first-order chi connectivity index (χ1) is 14.0. The van der Waals surface area contributed by atoms with E-state index in [-0.39, 0.29) is 5.69 Å². The number of rotatable bonds is 6. The molecule has 0 aliphatic heterocycles. The van der Waals surface area contributed by atoms with Gasteiger partial charge in [-0.25, -0.2) is 8.42 Å². The lowest BCUT2D eigenvalue weighted by atomic mass is 10.1. The fraction of sp³-hybridized carbons (Fsp3) is 0.238. The van der Waals surface area contributed by atoms with Crippen LogP contribution < -0.4 is 10.5 Å². The van der Waals surface area contributed by atoms with Crippen LogP contribution in [-0.2, 0) is 14.6 Å². The average molecular weight is 449 g/mol. The van der Waals surface area contributed by atoms with Crippen molar-refractivity contribution in [3.8, 4) is 5.75 Å². The lowest BCUT2D eigenvalue weighted by molar-refractivity contribution is -0.118. The second kappa shape index (κ2) is 8.12. The second-order valence-corrected chi connectivity index (χ2v) is 9.69. The zero-order valence-corrected chi connectivity index (χ0v) is 18.3. The molecule has 1 heterocycles. The molecule has 1 atom stereocenters. The van der Waals surface area contributed by atoms with Gasteiger partial charge in [-0.05, 0) is 55.0 Å². The van der Waals surface area contributed by atoms with Crippen LogP contribution in [0.4, 0.5) is 0 Å². The number of sulfone groups is 1. The monoisotopic (exact) mass is 448 g/mol. The van der Waals surface area contributed by atoms with Crippen molar-refractivity contribution < 1.29 is 22.7 Å². The minimum atomic E-state index is -3.77. The van der Waals surface area contributed by atoms with Gasteiger partial charge in [-0.15, -0.1) is 0 Å². The molecule has 0 saturated heterocycles. The highest BCUT2D eigenvalue weighted by Gasteiger charge is 2.33. The minimum absolute atomic E-state index is 0.208. The van der Waals surface area contributed by atoms with Crippen molar-refractivity contribution in [3.63, 3.8) is 0 Å². The number of carbonyl (C=O) groups excluding carboxylic acids is 2. The number of aromatic nitrogens is 1. The number of nitrogens with two attached hydrogens (primary N) is 1. The fourth-order valence-electron chi connectivity index (χ4n) is 3.53. The van der Waals surface area contributed by atoms with Gasteiger partial charge >= 0.3 is 0 Å². The van der Waals surface area contributed by atoms with E-state index in [2.05, 4.69) is 0 Å². The molecule has 1 unspecified atom stereocenters. The van der Waals surface area contributed by atoms with Crippen molar-refractivity contribution in [2.24, 2.45) is 5.73 Å². The molecule has 30 heavy (non-hydrogen) atoms. The van der Waals surface area contributed by atoms with E-state index in [0.717, 1.165) is 6.26 Å². The van der Waals surface area contributed by atoms with Gasteiger partial charge in [0, 0.05) is 34.3 Å². The Kier molecular flexibility index (Phi) is 5.92. The molecule has 2 N–H and O–H groups in total. The summed E-state index contributed by atoms with van der Waals surface area (Å²) < 4.78 is 31.8. The summed E-state index contributed by atoms with van der Waals surface area (Å²) in [7, 11) is -2.26. The van der Waals surface area contributed by atoms with Crippen LogP contribution in [0.3, 0.4) is 0 Å². The third kappa shape index (κ3) is 4.06. The topological polar surface area (TPSA) is 108 Å². The molecule has 0 aliphatic carbocycles. The van der Waals surface area contributed by atoms with Gasteiger partial charge in [-0.1, -0.05) is 11.6 Å². The number of carbonyl (C=O) groups is 2. The Morgan fingerprint density at radius 2 is 1.80 bits per heavy atom. The van der Waals surface area contributed by atoms with Crippen LogP contribution in [0.2, 0.25) is 5.02 Å². The van der Waals surface area contributed by atoms with Crippen LogP contribution in [0.15, 0.2) is 42.5 Å². The van der Waals surface area contributed by atoms with Crippen LogP contribution >= 0.6 is 11.6 Å². The minimum Gasteiger partial charge on any atom is -0.497 e. The number of methoxy groups -OCH3 is 1. The van der Waals surface area contributed by atoms with E-state index in [4.69, 9.17) is 22.1 Å². The van der Waals surface area contributed by atoms with Gasteiger partial charge in [-0.3, -0.25) is 14.2 Å². The van der Waals surface area contributed by atoms with Gasteiger partial charge in [0.15, 0.2) is 9.84 Å². The largest absolute Gasteiger partial charge is 0.497 e. The Morgan fingerprint density at radius 3 is 2.33 bits per heavy atom. The van der Waals surface area contributed by atoms with Crippen LogP contribution in [-0.4, -0.2) is 38.2 Å². The van der Waals surface area contributed by atoms with Crippen LogP contribution in [0.5, 0.6) is 5.75 Å². The molecule has 0 spiro atoms. The molecular formula is C21H21ClN2O5S. The van der Waals surface area contributed by atoms with E-state index in [1.165, 1.54) is 11.7 Å². The summed E-state index contributed by atoms with van der Waals surface area (Å²) >= 11 is 5.93. The Balaban J connectivity index is 2.38. The first-order valence-corrected chi connectivity index (χ1v) is 11.3. The number of benzene rings is 2. The second-order valence-electron chi connectivity index (χ2n) is 7.03. The maximum Gasteiger partial charge on any atom is 0.262 e. The third-order valence-electron chi connectivity index (χ3n) is 4.98. The van der Waals surface area contributed by atoms with Gasteiger partial charge in [0.2, 0.25) is 5.91 Å². The maximum absolute atomic E-state index is 13.5. The summed E-state index contributed by atoms with van der Waals surface area (Å²) in [5, 5.41) is -0.165. The van der Waals surface area contributed by atoms with E-state index in [1.54, 1.807) is 49.4 Å². The number of nitrogens with zero attached hydrogens (tertiary/aromatic N) is 1. The highest BCUT2D eigenvalue weighted by atomic mass is 35.5. The van der Waals surface area contributed by atoms with E-state index in [1.807, 2.05) is 0 Å². The van der Waals surface area contributed by atoms with Gasteiger partial charge in [0.05, 0.1) is 12.6 Å². The van der Waals surface area contributed by atoms with Crippen LogP contribution in [0, 0.1) is 6.92 Å². The van der Waals surface area contributed by atoms with E-state index in [9.17, 15) is 18.0 Å².